The fourth-order valence-corrected chi connectivity index (χ4v) is 0.546. The minimum absolute atomic E-state index is 0.795. The van der Waals surface area contributed by atoms with Crippen molar-refractivity contribution in [1.82, 2.24) is 0 Å². The minimum Gasteiger partial charge on any atom is -0.183 e. The fourth-order valence-electron chi connectivity index (χ4n) is 0.546. The van der Waals surface area contributed by atoms with Crippen molar-refractivity contribution >= 4 is 0 Å². The van der Waals surface area contributed by atoms with Gasteiger partial charge in [-0.3, -0.25) is 0 Å². The maximum Gasteiger partial charge on any atom is 0.152 e. The van der Waals surface area contributed by atoms with Crippen molar-refractivity contribution in [2.75, 3.05) is 0 Å². The van der Waals surface area contributed by atoms with E-state index in [2.05, 4.69) is 18.4 Å². The molecule has 0 fully saturated rings. The maximum absolute atomic E-state index is 8.15. The zero-order valence-electron chi connectivity index (χ0n) is 6.46. The highest BCUT2D eigenvalue weighted by molar-refractivity contribution is 5.42. The normalized spacial score (nSPS) is 10.0. The van der Waals surface area contributed by atoms with Gasteiger partial charge >= 0.3 is 0 Å². The van der Waals surface area contributed by atoms with Crippen molar-refractivity contribution in [3.8, 4) is 17.9 Å². The largest absolute Gasteiger partial charge is 0.183 e. The van der Waals surface area contributed by atoms with E-state index in [0.29, 0.717) is 0 Å². The summed E-state index contributed by atoms with van der Waals surface area (Å²) in [5.74, 6) is 4.97. The standard InChI is InChI=1S/C10H9N/c1-3-6-10(7-4-2)8-5-9-11/h3-4,6-7H,1H2,2H3/b7-4-,10-6+. The van der Waals surface area contributed by atoms with E-state index in [1.807, 2.05) is 19.1 Å². The Morgan fingerprint density at radius 3 is 2.73 bits per heavy atom. The van der Waals surface area contributed by atoms with Gasteiger partial charge in [0, 0.05) is 11.5 Å². The number of hydrogen-bond acceptors (Lipinski definition) is 1. The van der Waals surface area contributed by atoms with Gasteiger partial charge < -0.3 is 0 Å². The van der Waals surface area contributed by atoms with E-state index >= 15 is 0 Å². The summed E-state index contributed by atoms with van der Waals surface area (Å²) >= 11 is 0. The first kappa shape index (κ1) is 9.27. The zero-order chi connectivity index (χ0) is 8.53. The Labute approximate surface area is 67.3 Å². The Kier molecular flexibility index (Phi) is 5.39. The summed E-state index contributed by atoms with van der Waals surface area (Å²) in [6.45, 7) is 5.42. The number of nitriles is 1. The van der Waals surface area contributed by atoms with Crippen LogP contribution in [0.2, 0.25) is 0 Å². The SMILES string of the molecule is C=C/C=C(C#CC#N)\C=C/C. The summed E-state index contributed by atoms with van der Waals surface area (Å²) in [5, 5.41) is 8.15. The first-order chi connectivity index (χ1) is 5.35. The molecule has 0 radical (unpaired) electrons. The summed E-state index contributed by atoms with van der Waals surface area (Å²) in [4.78, 5) is 0. The van der Waals surface area contributed by atoms with Gasteiger partial charge in [0.1, 0.15) is 0 Å². The van der Waals surface area contributed by atoms with Crippen LogP contribution in [0.1, 0.15) is 6.92 Å². The molecule has 0 bridgehead atoms. The third kappa shape index (κ3) is 4.75. The second-order valence-corrected chi connectivity index (χ2v) is 1.72. The maximum atomic E-state index is 8.15. The van der Waals surface area contributed by atoms with Crippen molar-refractivity contribution < 1.29 is 0 Å². The molecule has 0 saturated heterocycles. The van der Waals surface area contributed by atoms with Gasteiger partial charge in [0.25, 0.3) is 0 Å². The quantitative estimate of drug-likeness (QED) is 0.429. The van der Waals surface area contributed by atoms with Crippen LogP contribution in [0.15, 0.2) is 36.5 Å². The predicted molar refractivity (Wildman–Crippen MR) is 46.5 cm³/mol. The number of allylic oxidation sites excluding steroid dienone is 5. The van der Waals surface area contributed by atoms with Crippen LogP contribution in [0.3, 0.4) is 0 Å². The van der Waals surface area contributed by atoms with Crippen LogP contribution in [-0.4, -0.2) is 0 Å². The molecule has 0 amide bonds. The molecule has 0 aromatic carbocycles. The Morgan fingerprint density at radius 1 is 1.55 bits per heavy atom. The molecule has 54 valence electrons. The first-order valence-corrected chi connectivity index (χ1v) is 3.20. The van der Waals surface area contributed by atoms with Gasteiger partial charge in [-0.2, -0.15) is 5.26 Å². The summed E-state index contributed by atoms with van der Waals surface area (Å²) in [6.07, 6.45) is 7.08. The number of hydrogen-bond donors (Lipinski definition) is 0. The Hall–Kier alpha value is -1.73. The molecule has 0 aromatic heterocycles. The lowest BCUT2D eigenvalue weighted by molar-refractivity contribution is 1.55. The fraction of sp³-hybridized carbons (Fsp3) is 0.100. The molecule has 0 heterocycles. The molecule has 1 nitrogen and oxygen atoms in total. The lowest BCUT2D eigenvalue weighted by atomic mass is 10.2. The minimum atomic E-state index is 0.795. The van der Waals surface area contributed by atoms with Gasteiger partial charge in [0.15, 0.2) is 6.07 Å². The molecule has 1 heteroatoms. The molecule has 0 spiro atoms. The molecule has 0 unspecified atom stereocenters. The van der Waals surface area contributed by atoms with Crippen LogP contribution < -0.4 is 0 Å². The van der Waals surface area contributed by atoms with Gasteiger partial charge in [-0.05, 0) is 13.0 Å². The Balaban J connectivity index is 4.51. The van der Waals surface area contributed by atoms with E-state index in [9.17, 15) is 0 Å². The molecule has 11 heavy (non-hydrogen) atoms. The summed E-state index contributed by atoms with van der Waals surface area (Å²) in [6, 6.07) is 1.74. The van der Waals surface area contributed by atoms with E-state index in [-0.39, 0.29) is 0 Å². The highest BCUT2D eigenvalue weighted by Crippen LogP contribution is 1.94. The Bertz CT molecular complexity index is 276. The molecule has 0 aliphatic carbocycles. The van der Waals surface area contributed by atoms with Crippen LogP contribution in [0, 0.1) is 23.2 Å². The van der Waals surface area contributed by atoms with E-state index < -0.39 is 0 Å². The number of rotatable bonds is 2. The zero-order valence-corrected chi connectivity index (χ0v) is 6.46. The third-order valence-corrected chi connectivity index (χ3v) is 0.906. The van der Waals surface area contributed by atoms with Gasteiger partial charge in [0.05, 0.1) is 0 Å². The average molecular weight is 143 g/mol. The predicted octanol–water partition coefficient (Wildman–Crippen LogP) is 2.20. The van der Waals surface area contributed by atoms with Crippen LogP contribution in [0.25, 0.3) is 0 Å². The molecule has 0 aromatic rings. The van der Waals surface area contributed by atoms with E-state index in [1.54, 1.807) is 18.2 Å². The van der Waals surface area contributed by atoms with E-state index in [0.717, 1.165) is 5.57 Å². The molecule has 0 aliphatic heterocycles. The van der Waals surface area contributed by atoms with Crippen molar-refractivity contribution in [3.63, 3.8) is 0 Å². The molecule has 0 rings (SSSR count). The van der Waals surface area contributed by atoms with Gasteiger partial charge in [0.2, 0.25) is 0 Å². The van der Waals surface area contributed by atoms with Gasteiger partial charge in [-0.15, -0.1) is 0 Å². The Morgan fingerprint density at radius 2 is 2.27 bits per heavy atom. The van der Waals surface area contributed by atoms with Gasteiger partial charge in [-0.25, -0.2) is 0 Å². The molecule has 0 aliphatic rings. The highest BCUT2D eigenvalue weighted by Gasteiger charge is 1.79. The monoisotopic (exact) mass is 143 g/mol. The van der Waals surface area contributed by atoms with Gasteiger partial charge in [-0.1, -0.05) is 30.7 Å². The molecule has 0 saturated carbocycles. The molecular weight excluding hydrogens is 134 g/mol. The van der Waals surface area contributed by atoms with Crippen LogP contribution in [-0.2, 0) is 0 Å². The van der Waals surface area contributed by atoms with Crippen molar-refractivity contribution in [2.24, 2.45) is 0 Å². The van der Waals surface area contributed by atoms with Crippen LogP contribution in [0.4, 0.5) is 0 Å². The second kappa shape index (κ2) is 6.39. The summed E-state index contributed by atoms with van der Waals surface area (Å²) < 4.78 is 0. The smallest absolute Gasteiger partial charge is 0.152 e. The topological polar surface area (TPSA) is 23.8 Å². The highest BCUT2D eigenvalue weighted by atomic mass is 14.2. The molecular formula is C10H9N. The molecule has 0 atom stereocenters. The average Bonchev–Trinajstić information content (AvgIpc) is 2.01. The van der Waals surface area contributed by atoms with E-state index in [1.165, 1.54) is 0 Å². The van der Waals surface area contributed by atoms with Crippen molar-refractivity contribution in [3.05, 3.63) is 36.5 Å². The molecule has 0 N–H and O–H groups in total. The first-order valence-electron chi connectivity index (χ1n) is 3.20. The third-order valence-electron chi connectivity index (χ3n) is 0.906. The lowest BCUT2D eigenvalue weighted by Crippen LogP contribution is -1.68. The van der Waals surface area contributed by atoms with E-state index in [4.69, 9.17) is 5.26 Å². The van der Waals surface area contributed by atoms with Crippen LogP contribution in [0.5, 0.6) is 0 Å². The second-order valence-electron chi connectivity index (χ2n) is 1.72. The summed E-state index contributed by atoms with van der Waals surface area (Å²) in [5.41, 5.74) is 0.795. The van der Waals surface area contributed by atoms with Crippen molar-refractivity contribution in [1.29, 1.82) is 5.26 Å². The van der Waals surface area contributed by atoms with Crippen LogP contribution >= 0.6 is 0 Å². The number of nitrogens with zero attached hydrogens (tertiary/aromatic N) is 1. The lowest BCUT2D eigenvalue weighted by Gasteiger charge is -1.83. The van der Waals surface area contributed by atoms with Crippen molar-refractivity contribution in [2.45, 2.75) is 6.92 Å². The summed E-state index contributed by atoms with van der Waals surface area (Å²) in [7, 11) is 0.